The first-order chi connectivity index (χ1) is 29.4. The van der Waals surface area contributed by atoms with Crippen molar-refractivity contribution < 1.29 is 29.3 Å². The number of aliphatic hydroxyl groups is 1. The van der Waals surface area contributed by atoms with Crippen molar-refractivity contribution in [1.82, 2.24) is 15.5 Å². The summed E-state index contributed by atoms with van der Waals surface area (Å²) in [6, 6.07) is 2.07. The lowest BCUT2D eigenvalue weighted by atomic mass is 9.75. The number of aliphatic imine (C=N–C) groups is 1. The number of ether oxygens (including phenoxy) is 2. The Morgan fingerprint density at radius 3 is 2.70 bits per heavy atom. The number of hydrogen-bond acceptors (Lipinski definition) is 13. The van der Waals surface area contributed by atoms with Crippen LogP contribution >= 0.6 is 21.6 Å². The van der Waals surface area contributed by atoms with E-state index in [0.717, 1.165) is 99.5 Å². The van der Waals surface area contributed by atoms with Crippen LogP contribution in [0.3, 0.4) is 0 Å². The Bertz CT molecular complexity index is 1910. The molecule has 5 heterocycles. The standard InChI is InChI=1S/C47H68N6O6S2/c1-31(54)58-38-12-11-33-24-35(42(57)43-41(33)34-13-18-46(59-43)15-8-9-36(46)25-34)29-53-30-45(28-40(53)56,27-32-14-20-50-39(48)23-32)19-21-51-44(49)52-47(16-5-6-17-47)61-60-22-7-3-2-4-10-37(55)26-38/h13-14,18,23-24,34,36-38,50,55,57H,2-12,15-17,19-22,25-30,48H2,1H3,(H3,49,51,52). The van der Waals surface area contributed by atoms with Gasteiger partial charge in [0, 0.05) is 80.1 Å². The number of amides is 1. The van der Waals surface area contributed by atoms with E-state index in [1.807, 2.05) is 32.6 Å². The Balaban J connectivity index is 1.11. The number of phenolic OH excluding ortho intramolecular Hbond substituents is 1. The van der Waals surface area contributed by atoms with Gasteiger partial charge in [-0.05, 0) is 106 Å². The number of aliphatic hydroxyl groups excluding tert-OH is 1. The molecule has 1 amide bonds. The fraction of sp³-hybridized carbons (Fsp3) is 0.681. The molecule has 5 aliphatic heterocycles. The van der Waals surface area contributed by atoms with Crippen LogP contribution in [0.1, 0.15) is 145 Å². The number of esters is 1. The van der Waals surface area contributed by atoms with Gasteiger partial charge in [0.25, 0.3) is 0 Å². The third-order valence-electron chi connectivity index (χ3n) is 14.5. The van der Waals surface area contributed by atoms with Gasteiger partial charge in [-0.15, -0.1) is 0 Å². The quantitative estimate of drug-likeness (QED) is 0.101. The van der Waals surface area contributed by atoms with E-state index in [2.05, 4.69) is 34.9 Å². The lowest BCUT2D eigenvalue weighted by Gasteiger charge is -2.34. The largest absolute Gasteiger partial charge is 0.504 e. The fourth-order valence-corrected chi connectivity index (χ4v) is 14.6. The van der Waals surface area contributed by atoms with E-state index >= 15 is 0 Å². The van der Waals surface area contributed by atoms with Gasteiger partial charge in [-0.2, -0.15) is 0 Å². The Morgan fingerprint density at radius 1 is 1.05 bits per heavy atom. The van der Waals surface area contributed by atoms with E-state index < -0.39 is 23.2 Å². The van der Waals surface area contributed by atoms with E-state index in [9.17, 15) is 19.8 Å². The van der Waals surface area contributed by atoms with Gasteiger partial charge in [0.05, 0.1) is 16.8 Å². The summed E-state index contributed by atoms with van der Waals surface area (Å²) in [5, 5.41) is 30.3. The van der Waals surface area contributed by atoms with Crippen LogP contribution in [0.5, 0.6) is 11.5 Å². The van der Waals surface area contributed by atoms with Gasteiger partial charge < -0.3 is 46.7 Å². The predicted octanol–water partition coefficient (Wildman–Crippen LogP) is 7.33. The number of aryl methyl sites for hydroxylation is 1. The summed E-state index contributed by atoms with van der Waals surface area (Å²) in [4.78, 5) is 33.3. The maximum absolute atomic E-state index is 14.3. The van der Waals surface area contributed by atoms with Gasteiger partial charge in [0.15, 0.2) is 17.5 Å². The Morgan fingerprint density at radius 2 is 1.89 bits per heavy atom. The van der Waals surface area contributed by atoms with Crippen molar-refractivity contribution >= 4 is 39.4 Å². The molecule has 1 saturated heterocycles. The molecule has 334 valence electrons. The number of carbonyl (C=O) groups excluding carboxylic acids is 2. The highest BCUT2D eigenvalue weighted by Crippen LogP contribution is 2.57. The molecule has 0 aromatic heterocycles. The first-order valence-corrected chi connectivity index (χ1v) is 25.4. The monoisotopic (exact) mass is 876 g/mol. The molecule has 6 unspecified atom stereocenters. The number of dihydropyridines is 1. The van der Waals surface area contributed by atoms with Crippen molar-refractivity contribution in [3.05, 3.63) is 58.5 Å². The molecular formula is C47H68N6O6S2. The van der Waals surface area contributed by atoms with E-state index in [0.29, 0.717) is 93.6 Å². The second-order valence-corrected chi connectivity index (χ2v) is 21.9. The number of hydrogen-bond donors (Lipinski definition) is 6. The first-order valence-electron chi connectivity index (χ1n) is 23.1. The van der Waals surface area contributed by atoms with Gasteiger partial charge in [0.1, 0.15) is 11.7 Å². The van der Waals surface area contributed by atoms with Crippen LogP contribution < -0.4 is 26.8 Å². The lowest BCUT2D eigenvalue weighted by Crippen LogP contribution is -2.47. The maximum atomic E-state index is 14.3. The number of allylic oxidation sites excluding steroid dienone is 3. The highest BCUT2D eigenvalue weighted by atomic mass is 33.1. The van der Waals surface area contributed by atoms with Crippen LogP contribution in [0.25, 0.3) is 0 Å². The molecule has 6 atom stereocenters. The lowest BCUT2D eigenvalue weighted by molar-refractivity contribution is -0.148. The summed E-state index contributed by atoms with van der Waals surface area (Å²) < 4.78 is 12.9. The minimum absolute atomic E-state index is 0.0363. The van der Waals surface area contributed by atoms with E-state index in [1.165, 1.54) is 6.92 Å². The van der Waals surface area contributed by atoms with Crippen LogP contribution in [0.15, 0.2) is 46.8 Å². The summed E-state index contributed by atoms with van der Waals surface area (Å²) in [6.45, 7) is 3.29. The van der Waals surface area contributed by atoms with E-state index in [-0.39, 0.29) is 35.0 Å². The minimum atomic E-state index is -0.574. The first kappa shape index (κ1) is 44.1. The minimum Gasteiger partial charge on any atom is -0.504 e. The number of guanidine groups is 1. The predicted molar refractivity (Wildman–Crippen MR) is 244 cm³/mol. The average molecular weight is 877 g/mol. The molecule has 1 aromatic carbocycles. The number of nitrogens with two attached hydrogens (primary N) is 2. The Kier molecular flexibility index (Phi) is 13.8. The zero-order valence-corrected chi connectivity index (χ0v) is 37.7. The topological polar surface area (TPSA) is 185 Å². The van der Waals surface area contributed by atoms with Crippen molar-refractivity contribution in [1.29, 1.82) is 0 Å². The number of benzene rings is 1. The zero-order valence-electron chi connectivity index (χ0n) is 36.1. The summed E-state index contributed by atoms with van der Waals surface area (Å²) >= 11 is 0. The summed E-state index contributed by atoms with van der Waals surface area (Å²) in [6.07, 6.45) is 24.0. The van der Waals surface area contributed by atoms with Gasteiger partial charge in [-0.25, -0.2) is 0 Å². The molecule has 2 spiro atoms. The van der Waals surface area contributed by atoms with Gasteiger partial charge in [-0.1, -0.05) is 65.8 Å². The highest BCUT2D eigenvalue weighted by molar-refractivity contribution is 8.77. The van der Waals surface area contributed by atoms with Gasteiger partial charge in [0.2, 0.25) is 5.91 Å². The van der Waals surface area contributed by atoms with Crippen molar-refractivity contribution in [3.8, 4) is 11.5 Å². The van der Waals surface area contributed by atoms with Crippen molar-refractivity contribution in [3.63, 3.8) is 0 Å². The SMILES string of the molecule is CC(=O)OC1CCc2cc(c(O)c3c2C2C=CC4(CCCC4C2)O3)CN2CC(CC3=CCNC(N)=C3)(CCN=C(N)NC3(CCCC3)SSCCCCCCC(O)C1)CC2=O. The summed E-state index contributed by atoms with van der Waals surface area (Å²) in [5.74, 6) is 2.92. The number of aromatic hydroxyl groups is 1. The van der Waals surface area contributed by atoms with Crippen LogP contribution in [0, 0.1) is 11.3 Å². The smallest absolute Gasteiger partial charge is 0.302 e. The van der Waals surface area contributed by atoms with E-state index in [4.69, 9.17) is 25.9 Å². The molecule has 8 aliphatic rings. The maximum Gasteiger partial charge on any atom is 0.302 e. The molecule has 14 heteroatoms. The number of fused-ring (bicyclic) bond motifs is 4. The van der Waals surface area contributed by atoms with Crippen molar-refractivity contribution in [2.75, 3.05) is 25.4 Å². The van der Waals surface area contributed by atoms with E-state index in [1.54, 1.807) is 0 Å². The third-order valence-corrected chi connectivity index (χ3v) is 17.7. The second kappa shape index (κ2) is 19.1. The number of rotatable bonds is 3. The average Bonchev–Trinajstić information content (AvgIpc) is 3.87. The number of carbonyl (C=O) groups is 2. The molecule has 0 radical (unpaired) electrons. The van der Waals surface area contributed by atoms with Crippen LogP contribution in [0.2, 0.25) is 0 Å². The molecule has 61 heavy (non-hydrogen) atoms. The second-order valence-electron chi connectivity index (χ2n) is 19.1. The van der Waals surface area contributed by atoms with Gasteiger partial charge in [-0.3, -0.25) is 14.6 Å². The van der Waals surface area contributed by atoms with Crippen molar-refractivity contribution in [2.24, 2.45) is 27.8 Å². The molecule has 1 aromatic rings. The van der Waals surface area contributed by atoms with Crippen LogP contribution in [-0.4, -0.2) is 81.0 Å². The highest BCUT2D eigenvalue weighted by Gasteiger charge is 2.51. The number of nitrogens with zero attached hydrogens (tertiary/aromatic N) is 2. The van der Waals surface area contributed by atoms with Gasteiger partial charge >= 0.3 is 5.97 Å². The molecule has 3 fully saturated rings. The molecule has 2 saturated carbocycles. The molecular weight excluding hydrogens is 809 g/mol. The Labute approximate surface area is 370 Å². The molecule has 3 aliphatic carbocycles. The normalized spacial score (nSPS) is 32.3. The van der Waals surface area contributed by atoms with Crippen LogP contribution in [0.4, 0.5) is 0 Å². The molecule has 12 nitrogen and oxygen atoms in total. The molecule has 9 rings (SSSR count). The number of nitrogens with one attached hydrogen (secondary N) is 2. The Hall–Kier alpha value is -3.49. The number of phenols is 1. The molecule has 8 N–H and O–H groups in total. The fourth-order valence-electron chi connectivity index (χ4n) is 11.4. The summed E-state index contributed by atoms with van der Waals surface area (Å²) in [7, 11) is 3.80. The summed E-state index contributed by atoms with van der Waals surface area (Å²) in [5.41, 5.74) is 15.8. The van der Waals surface area contributed by atoms with Crippen molar-refractivity contribution in [2.45, 2.75) is 164 Å². The molecule has 6 bridgehead atoms. The third kappa shape index (κ3) is 10.3. The zero-order chi connectivity index (χ0) is 42.6. The van der Waals surface area contributed by atoms with Crippen LogP contribution in [-0.2, 0) is 27.3 Å².